The van der Waals surface area contributed by atoms with Crippen LogP contribution in [0, 0.1) is 12.1 Å². The fraction of sp³-hybridized carbons (Fsp3) is 0. The maximum atomic E-state index is 5.47. The number of para-hydroxylation sites is 2. The highest BCUT2D eigenvalue weighted by Gasteiger charge is 1.93. The van der Waals surface area contributed by atoms with Crippen LogP contribution in [0.2, 0.25) is 0 Å². The van der Waals surface area contributed by atoms with Crippen molar-refractivity contribution in [2.75, 3.05) is 0 Å². The minimum atomic E-state index is 0.713. The van der Waals surface area contributed by atoms with Crippen molar-refractivity contribution in [2.45, 2.75) is 0 Å². The molecule has 2 rings (SSSR count). The molecule has 0 unspecified atom stereocenters. The Hall–Kier alpha value is -1.76. The SMILES string of the molecule is [c]1ccccc1Oc1[c]cccc1. The van der Waals surface area contributed by atoms with Crippen molar-refractivity contribution >= 4 is 0 Å². The molecule has 0 heterocycles. The van der Waals surface area contributed by atoms with Crippen LogP contribution < -0.4 is 4.74 Å². The molecule has 0 saturated carbocycles. The van der Waals surface area contributed by atoms with Crippen molar-refractivity contribution < 1.29 is 4.74 Å². The Bertz CT molecular complexity index is 316. The van der Waals surface area contributed by atoms with Gasteiger partial charge in [0.15, 0.2) is 0 Å². The van der Waals surface area contributed by atoms with Gasteiger partial charge >= 0.3 is 0 Å². The number of rotatable bonds is 2. The lowest BCUT2D eigenvalue weighted by atomic mass is 10.3. The van der Waals surface area contributed by atoms with Crippen LogP contribution in [-0.4, -0.2) is 0 Å². The highest BCUT2D eigenvalue weighted by molar-refractivity contribution is 5.28. The Balaban J connectivity index is 2.16. The van der Waals surface area contributed by atoms with Crippen molar-refractivity contribution in [3.63, 3.8) is 0 Å². The summed E-state index contributed by atoms with van der Waals surface area (Å²) in [5.74, 6) is 1.43. The van der Waals surface area contributed by atoms with Gasteiger partial charge in [-0.15, -0.1) is 0 Å². The van der Waals surface area contributed by atoms with E-state index in [0.29, 0.717) is 11.5 Å². The zero-order valence-corrected chi connectivity index (χ0v) is 7.03. The van der Waals surface area contributed by atoms with Gasteiger partial charge in [-0.25, -0.2) is 0 Å². The number of ether oxygens (including phenoxy) is 1. The summed E-state index contributed by atoms with van der Waals surface area (Å²) < 4.78 is 5.47. The maximum absolute atomic E-state index is 5.47. The fourth-order valence-electron chi connectivity index (χ4n) is 0.999. The van der Waals surface area contributed by atoms with E-state index in [2.05, 4.69) is 12.1 Å². The van der Waals surface area contributed by atoms with Crippen LogP contribution in [0.3, 0.4) is 0 Å². The average molecular weight is 168 g/mol. The molecule has 0 saturated heterocycles. The first-order valence-corrected chi connectivity index (χ1v) is 4.06. The molecule has 62 valence electrons. The molecule has 0 aliphatic carbocycles. The molecule has 0 bridgehead atoms. The minimum absolute atomic E-state index is 0.713. The molecule has 0 atom stereocenters. The van der Waals surface area contributed by atoms with E-state index in [4.69, 9.17) is 4.74 Å². The molecule has 0 fully saturated rings. The molecule has 2 aromatic carbocycles. The lowest BCUT2D eigenvalue weighted by Gasteiger charge is -2.02. The van der Waals surface area contributed by atoms with Crippen LogP contribution in [0.15, 0.2) is 48.5 Å². The highest BCUT2D eigenvalue weighted by Crippen LogP contribution is 2.18. The Morgan fingerprint density at radius 2 is 1.31 bits per heavy atom. The molecule has 13 heavy (non-hydrogen) atoms. The van der Waals surface area contributed by atoms with Crippen molar-refractivity contribution in [3.05, 3.63) is 60.7 Å². The highest BCUT2D eigenvalue weighted by atomic mass is 16.5. The zero-order valence-electron chi connectivity index (χ0n) is 7.03. The predicted molar refractivity (Wildman–Crippen MR) is 50.6 cm³/mol. The number of benzene rings is 2. The lowest BCUT2D eigenvalue weighted by Crippen LogP contribution is -1.82. The molecule has 0 aliphatic rings. The normalized spacial score (nSPS) is 9.54. The quantitative estimate of drug-likeness (QED) is 0.669. The second kappa shape index (κ2) is 3.76. The van der Waals surface area contributed by atoms with Crippen LogP contribution in [0.25, 0.3) is 0 Å². The minimum Gasteiger partial charge on any atom is -0.456 e. The van der Waals surface area contributed by atoms with Gasteiger partial charge in [0.2, 0.25) is 0 Å². The van der Waals surface area contributed by atoms with Gasteiger partial charge in [-0.1, -0.05) is 36.4 Å². The summed E-state index contributed by atoms with van der Waals surface area (Å²) in [6.07, 6.45) is 0. The van der Waals surface area contributed by atoms with Gasteiger partial charge in [-0.2, -0.15) is 0 Å². The van der Waals surface area contributed by atoms with Crippen LogP contribution in [0.4, 0.5) is 0 Å². The second-order valence-electron chi connectivity index (χ2n) is 2.56. The lowest BCUT2D eigenvalue weighted by molar-refractivity contribution is 0.480. The topological polar surface area (TPSA) is 9.23 Å². The first-order chi connectivity index (χ1) is 6.45. The molecule has 2 aromatic rings. The Morgan fingerprint density at radius 1 is 0.769 bits per heavy atom. The van der Waals surface area contributed by atoms with Crippen molar-refractivity contribution in [2.24, 2.45) is 0 Å². The number of hydrogen-bond acceptors (Lipinski definition) is 1. The second-order valence-corrected chi connectivity index (χ2v) is 2.56. The summed E-state index contributed by atoms with van der Waals surface area (Å²) in [4.78, 5) is 0. The van der Waals surface area contributed by atoms with E-state index in [-0.39, 0.29) is 0 Å². The van der Waals surface area contributed by atoms with Crippen molar-refractivity contribution in [1.29, 1.82) is 0 Å². The first-order valence-electron chi connectivity index (χ1n) is 4.06. The van der Waals surface area contributed by atoms with Crippen LogP contribution in [0.5, 0.6) is 11.5 Å². The molecule has 0 amide bonds. The third-order valence-corrected chi connectivity index (χ3v) is 1.58. The van der Waals surface area contributed by atoms with Gasteiger partial charge in [-0.3, -0.25) is 0 Å². The molecule has 0 aromatic heterocycles. The molecular formula is C12H8O. The molecular weight excluding hydrogens is 160 g/mol. The van der Waals surface area contributed by atoms with Gasteiger partial charge < -0.3 is 4.74 Å². The third-order valence-electron chi connectivity index (χ3n) is 1.58. The Kier molecular flexibility index (Phi) is 2.28. The summed E-state index contributed by atoms with van der Waals surface area (Å²) in [7, 11) is 0. The summed E-state index contributed by atoms with van der Waals surface area (Å²) in [5.41, 5.74) is 0. The van der Waals surface area contributed by atoms with Gasteiger partial charge in [0.1, 0.15) is 11.5 Å². The molecule has 1 nitrogen and oxygen atoms in total. The van der Waals surface area contributed by atoms with Gasteiger partial charge in [0.05, 0.1) is 0 Å². The third kappa shape index (κ3) is 2.09. The maximum Gasteiger partial charge on any atom is 0.135 e. The standard InChI is InChI=1S/C12H8O/c1-3-7-11(8-4-1)13-12-9-5-2-6-10-12/h1-7,9H. The van der Waals surface area contributed by atoms with E-state index in [1.54, 1.807) is 0 Å². The molecule has 1 heteroatoms. The largest absolute Gasteiger partial charge is 0.456 e. The van der Waals surface area contributed by atoms with E-state index in [1.165, 1.54) is 0 Å². The van der Waals surface area contributed by atoms with E-state index in [1.807, 2.05) is 48.5 Å². The van der Waals surface area contributed by atoms with Crippen LogP contribution in [-0.2, 0) is 0 Å². The summed E-state index contributed by atoms with van der Waals surface area (Å²) in [5, 5.41) is 0. The predicted octanol–water partition coefficient (Wildman–Crippen LogP) is 3.08. The smallest absolute Gasteiger partial charge is 0.135 e. The van der Waals surface area contributed by atoms with Crippen molar-refractivity contribution in [1.82, 2.24) is 0 Å². The van der Waals surface area contributed by atoms with Gasteiger partial charge in [-0.05, 0) is 12.1 Å². The molecule has 0 spiro atoms. The first kappa shape index (κ1) is 7.87. The van der Waals surface area contributed by atoms with E-state index < -0.39 is 0 Å². The van der Waals surface area contributed by atoms with Gasteiger partial charge in [0.25, 0.3) is 0 Å². The van der Waals surface area contributed by atoms with Crippen LogP contribution >= 0.6 is 0 Å². The zero-order chi connectivity index (χ0) is 8.93. The van der Waals surface area contributed by atoms with Gasteiger partial charge in [0, 0.05) is 12.1 Å². The molecule has 0 N–H and O–H groups in total. The van der Waals surface area contributed by atoms with Crippen LogP contribution in [0.1, 0.15) is 0 Å². The van der Waals surface area contributed by atoms with E-state index in [9.17, 15) is 0 Å². The molecule has 0 aliphatic heterocycles. The van der Waals surface area contributed by atoms with Crippen molar-refractivity contribution in [3.8, 4) is 11.5 Å². The summed E-state index contributed by atoms with van der Waals surface area (Å²) in [6.45, 7) is 0. The fourth-order valence-corrected chi connectivity index (χ4v) is 0.999. The Morgan fingerprint density at radius 3 is 1.69 bits per heavy atom. The average Bonchev–Trinajstić information content (AvgIpc) is 2.21. The number of hydrogen-bond donors (Lipinski definition) is 0. The summed E-state index contributed by atoms with van der Waals surface area (Å²) in [6, 6.07) is 20.9. The summed E-state index contributed by atoms with van der Waals surface area (Å²) >= 11 is 0. The van der Waals surface area contributed by atoms with E-state index >= 15 is 0 Å². The monoisotopic (exact) mass is 168 g/mol. The van der Waals surface area contributed by atoms with E-state index in [0.717, 1.165) is 0 Å². The molecule has 2 radical (unpaired) electrons. The Labute approximate surface area is 77.6 Å².